The number of H-pyrrole nitrogens is 1. The van der Waals surface area contributed by atoms with Crippen molar-refractivity contribution in [2.45, 2.75) is 50.0 Å². The number of carbonyl (C=O) groups excluding carboxylic acids is 4. The Morgan fingerprint density at radius 3 is 2.19 bits per heavy atom. The molecular formula is C22H30N6O8. The lowest BCUT2D eigenvalue weighted by Crippen LogP contribution is -2.59. The van der Waals surface area contributed by atoms with E-state index in [1.807, 2.05) is 11.4 Å². The fraction of sp³-hybridized carbons (Fsp3) is 0.409. The topological polar surface area (TPSA) is 250 Å². The molecule has 196 valence electrons. The Hall–Kier alpha value is -4.01. The Kier molecular flexibility index (Phi) is 9.90. The molecule has 0 aliphatic heterocycles. The minimum absolute atomic E-state index is 0.0595. The van der Waals surface area contributed by atoms with E-state index in [0.29, 0.717) is 5.56 Å². The number of carbonyl (C=O) groups is 5. The van der Waals surface area contributed by atoms with Crippen molar-refractivity contribution in [2.75, 3.05) is 6.61 Å². The first-order valence-electron chi connectivity index (χ1n) is 11.0. The van der Waals surface area contributed by atoms with Crippen LogP contribution in [0.4, 0.5) is 0 Å². The second kappa shape index (κ2) is 12.6. The molecule has 2 aromatic rings. The Morgan fingerprint density at radius 2 is 1.61 bits per heavy atom. The van der Waals surface area contributed by atoms with Crippen LogP contribution in [0.1, 0.15) is 18.9 Å². The van der Waals surface area contributed by atoms with Crippen LogP contribution in [0, 0.1) is 0 Å². The van der Waals surface area contributed by atoms with Gasteiger partial charge in [-0.1, -0.05) is 18.2 Å². The van der Waals surface area contributed by atoms with E-state index in [2.05, 4.69) is 15.6 Å². The zero-order chi connectivity index (χ0) is 27.0. The average Bonchev–Trinajstić information content (AvgIpc) is 3.22. The monoisotopic (exact) mass is 506 g/mol. The van der Waals surface area contributed by atoms with Crippen LogP contribution in [-0.4, -0.2) is 86.8 Å². The molecule has 0 bridgehead atoms. The van der Waals surface area contributed by atoms with Crippen LogP contribution < -0.4 is 27.4 Å². The van der Waals surface area contributed by atoms with Gasteiger partial charge in [-0.25, -0.2) is 4.79 Å². The predicted octanol–water partition coefficient (Wildman–Crippen LogP) is -3.17. The number of aromatic nitrogens is 1. The highest BCUT2D eigenvalue weighted by Crippen LogP contribution is 2.19. The number of carboxylic acids is 1. The molecule has 11 N–H and O–H groups in total. The number of carboxylic acid groups (broad SMARTS) is 1. The van der Waals surface area contributed by atoms with E-state index >= 15 is 0 Å². The number of rotatable bonds is 13. The summed E-state index contributed by atoms with van der Waals surface area (Å²) in [5.74, 6) is -5.33. The second-order valence-electron chi connectivity index (χ2n) is 8.21. The fourth-order valence-electron chi connectivity index (χ4n) is 3.42. The molecule has 4 amide bonds. The van der Waals surface area contributed by atoms with Crippen molar-refractivity contribution >= 4 is 40.5 Å². The lowest BCUT2D eigenvalue weighted by atomic mass is 10.0. The maximum atomic E-state index is 13.2. The molecule has 1 heterocycles. The number of aliphatic hydroxyl groups excluding tert-OH is 2. The summed E-state index contributed by atoms with van der Waals surface area (Å²) < 4.78 is 0. The summed E-state index contributed by atoms with van der Waals surface area (Å²) in [7, 11) is 0. The first-order chi connectivity index (χ1) is 16.9. The van der Waals surface area contributed by atoms with Crippen LogP contribution in [0.25, 0.3) is 10.9 Å². The number of amides is 4. The zero-order valence-corrected chi connectivity index (χ0v) is 19.4. The molecule has 2 rings (SSSR count). The van der Waals surface area contributed by atoms with Gasteiger partial charge in [-0.05, 0) is 18.6 Å². The number of fused-ring (bicyclic) bond motifs is 1. The number of aliphatic carboxylic acids is 1. The standard InChI is InChI=1S/C22H30N6O8/c1-10(30)18(22(35)36)28-21(34)16(7-17(24)31)27-20(33)15(26-19(32)13(23)9-29)6-11-8-25-14-5-3-2-4-12(11)14/h2-5,8,10,13,15-16,18,25,29-30H,6-7,9,23H2,1H3,(H2,24,31)(H,26,32)(H,27,33)(H,28,34)(H,35,36). The van der Waals surface area contributed by atoms with Gasteiger partial charge in [0.2, 0.25) is 23.6 Å². The van der Waals surface area contributed by atoms with Crippen molar-refractivity contribution in [1.29, 1.82) is 0 Å². The van der Waals surface area contributed by atoms with Crippen molar-refractivity contribution < 1.29 is 39.3 Å². The molecule has 0 aliphatic rings. The summed E-state index contributed by atoms with van der Waals surface area (Å²) in [6.07, 6.45) is -0.592. The molecule has 0 radical (unpaired) electrons. The number of nitrogens with two attached hydrogens (primary N) is 2. The quantitative estimate of drug-likeness (QED) is 0.133. The number of para-hydroxylation sites is 1. The van der Waals surface area contributed by atoms with Crippen molar-refractivity contribution in [2.24, 2.45) is 11.5 Å². The number of benzene rings is 1. The Bertz CT molecular complexity index is 1120. The van der Waals surface area contributed by atoms with Gasteiger partial charge in [-0.3, -0.25) is 19.2 Å². The molecule has 14 nitrogen and oxygen atoms in total. The van der Waals surface area contributed by atoms with Crippen LogP contribution in [0.15, 0.2) is 30.5 Å². The number of nitrogens with one attached hydrogen (secondary N) is 4. The normalized spacial score (nSPS) is 15.2. The largest absolute Gasteiger partial charge is 0.480 e. The molecule has 0 saturated heterocycles. The zero-order valence-electron chi connectivity index (χ0n) is 19.4. The molecule has 0 aliphatic carbocycles. The van der Waals surface area contributed by atoms with E-state index in [0.717, 1.165) is 17.8 Å². The molecule has 14 heteroatoms. The van der Waals surface area contributed by atoms with E-state index < -0.39 is 72.9 Å². The molecular weight excluding hydrogens is 476 g/mol. The van der Waals surface area contributed by atoms with Crippen LogP contribution >= 0.6 is 0 Å². The van der Waals surface area contributed by atoms with E-state index in [1.54, 1.807) is 24.4 Å². The molecule has 1 aromatic carbocycles. The molecule has 0 saturated carbocycles. The highest BCUT2D eigenvalue weighted by Gasteiger charge is 2.33. The summed E-state index contributed by atoms with van der Waals surface area (Å²) in [6, 6.07) is 1.24. The predicted molar refractivity (Wildman–Crippen MR) is 126 cm³/mol. The SMILES string of the molecule is CC(O)C(NC(=O)C(CC(N)=O)NC(=O)C(Cc1c[nH]c2ccccc12)NC(=O)C(N)CO)C(=O)O. The smallest absolute Gasteiger partial charge is 0.328 e. The third kappa shape index (κ3) is 7.49. The van der Waals surface area contributed by atoms with Crippen LogP contribution in [0.3, 0.4) is 0 Å². The molecule has 5 unspecified atom stereocenters. The maximum absolute atomic E-state index is 13.2. The number of aliphatic hydroxyl groups is 2. The molecule has 36 heavy (non-hydrogen) atoms. The van der Waals surface area contributed by atoms with Crippen LogP contribution in [0.5, 0.6) is 0 Å². The van der Waals surface area contributed by atoms with Gasteiger partial charge >= 0.3 is 5.97 Å². The lowest BCUT2D eigenvalue weighted by molar-refractivity contribution is -0.145. The van der Waals surface area contributed by atoms with Gasteiger partial charge in [-0.15, -0.1) is 0 Å². The lowest BCUT2D eigenvalue weighted by Gasteiger charge is -2.25. The first kappa shape index (κ1) is 28.2. The van der Waals surface area contributed by atoms with Crippen molar-refractivity contribution in [3.63, 3.8) is 0 Å². The Balaban J connectivity index is 2.30. The molecule has 1 aromatic heterocycles. The van der Waals surface area contributed by atoms with Crippen molar-refractivity contribution in [1.82, 2.24) is 20.9 Å². The summed E-state index contributed by atoms with van der Waals surface area (Å²) in [5.41, 5.74) is 12.2. The van der Waals surface area contributed by atoms with E-state index in [9.17, 15) is 39.3 Å². The van der Waals surface area contributed by atoms with Gasteiger partial charge in [0.05, 0.1) is 19.1 Å². The number of hydrogen-bond donors (Lipinski definition) is 9. The van der Waals surface area contributed by atoms with Crippen LogP contribution in [0.2, 0.25) is 0 Å². The number of primary amides is 1. The Morgan fingerprint density at radius 1 is 1.00 bits per heavy atom. The highest BCUT2D eigenvalue weighted by molar-refractivity contribution is 5.96. The highest BCUT2D eigenvalue weighted by atomic mass is 16.4. The van der Waals surface area contributed by atoms with E-state index in [1.165, 1.54) is 0 Å². The van der Waals surface area contributed by atoms with Gasteiger partial charge in [0, 0.05) is 23.5 Å². The van der Waals surface area contributed by atoms with Crippen molar-refractivity contribution in [3.05, 3.63) is 36.0 Å². The first-order valence-corrected chi connectivity index (χ1v) is 11.0. The minimum atomic E-state index is -1.71. The summed E-state index contributed by atoms with van der Waals surface area (Å²) in [6.45, 7) is 0.452. The van der Waals surface area contributed by atoms with Gasteiger partial charge in [0.25, 0.3) is 0 Å². The summed E-state index contributed by atoms with van der Waals surface area (Å²) in [5, 5.41) is 35.5. The fourth-order valence-corrected chi connectivity index (χ4v) is 3.42. The number of hydrogen-bond acceptors (Lipinski definition) is 8. The van der Waals surface area contributed by atoms with E-state index in [4.69, 9.17) is 11.5 Å². The average molecular weight is 507 g/mol. The molecule has 5 atom stereocenters. The van der Waals surface area contributed by atoms with Crippen LogP contribution in [-0.2, 0) is 30.4 Å². The summed E-state index contributed by atoms with van der Waals surface area (Å²) >= 11 is 0. The molecule has 0 spiro atoms. The second-order valence-corrected chi connectivity index (χ2v) is 8.21. The van der Waals surface area contributed by atoms with Crippen molar-refractivity contribution in [3.8, 4) is 0 Å². The maximum Gasteiger partial charge on any atom is 0.328 e. The minimum Gasteiger partial charge on any atom is -0.480 e. The third-order valence-corrected chi connectivity index (χ3v) is 5.35. The van der Waals surface area contributed by atoms with Gasteiger partial charge in [0.1, 0.15) is 18.1 Å². The van der Waals surface area contributed by atoms with Gasteiger partial charge < -0.3 is 47.7 Å². The summed E-state index contributed by atoms with van der Waals surface area (Å²) in [4.78, 5) is 64.1. The number of aromatic amines is 1. The van der Waals surface area contributed by atoms with Gasteiger partial charge in [0.15, 0.2) is 6.04 Å². The molecule has 0 fully saturated rings. The van der Waals surface area contributed by atoms with E-state index in [-0.39, 0.29) is 6.42 Å². The third-order valence-electron chi connectivity index (χ3n) is 5.35. The van der Waals surface area contributed by atoms with Gasteiger partial charge in [-0.2, -0.15) is 0 Å². The Labute approximate surface area is 205 Å².